The van der Waals surface area contributed by atoms with E-state index in [0.29, 0.717) is 5.02 Å². The fourth-order valence-corrected chi connectivity index (χ4v) is 3.37. The van der Waals surface area contributed by atoms with Crippen LogP contribution in [0.5, 0.6) is 0 Å². The summed E-state index contributed by atoms with van der Waals surface area (Å²) >= 11 is 9.92. The molecule has 0 aromatic heterocycles. The molecule has 1 aromatic carbocycles. The zero-order valence-electron chi connectivity index (χ0n) is 8.00. The van der Waals surface area contributed by atoms with Gasteiger partial charge < -0.3 is 0 Å². The van der Waals surface area contributed by atoms with Gasteiger partial charge in [0.15, 0.2) is 5.78 Å². The Morgan fingerprint density at radius 2 is 2.33 bits per heavy atom. The van der Waals surface area contributed by atoms with Gasteiger partial charge in [-0.1, -0.05) is 17.7 Å². The first-order valence-electron chi connectivity index (χ1n) is 4.79. The monoisotopic (exact) mass is 352 g/mol. The Morgan fingerprint density at radius 1 is 1.53 bits per heavy atom. The van der Waals surface area contributed by atoms with Gasteiger partial charge in [0.25, 0.3) is 0 Å². The summed E-state index contributed by atoms with van der Waals surface area (Å²) in [5.41, 5.74) is 0.750. The van der Waals surface area contributed by atoms with Gasteiger partial charge in [-0.25, -0.2) is 0 Å². The molecule has 0 aliphatic carbocycles. The molecular formula is C11H10ClIOS. The molecule has 0 N–H and O–H groups in total. The molecule has 1 atom stereocenters. The third kappa shape index (κ3) is 2.68. The number of thioether (sulfide) groups is 1. The van der Waals surface area contributed by atoms with Crippen molar-refractivity contribution in [1.82, 2.24) is 0 Å². The van der Waals surface area contributed by atoms with E-state index in [1.165, 1.54) is 0 Å². The van der Waals surface area contributed by atoms with Crippen molar-refractivity contribution in [2.75, 3.05) is 5.75 Å². The highest BCUT2D eigenvalue weighted by Crippen LogP contribution is 2.30. The van der Waals surface area contributed by atoms with Gasteiger partial charge in [0.05, 0.1) is 10.3 Å². The Morgan fingerprint density at radius 3 is 2.93 bits per heavy atom. The minimum absolute atomic E-state index is 0.154. The highest BCUT2D eigenvalue weighted by molar-refractivity contribution is 14.1. The number of hydrogen-bond acceptors (Lipinski definition) is 2. The maximum Gasteiger partial charge on any atom is 0.175 e. The van der Waals surface area contributed by atoms with Crippen LogP contribution in [0.2, 0.25) is 5.02 Å². The molecule has 1 aliphatic rings. The number of halogens is 2. The van der Waals surface area contributed by atoms with E-state index in [9.17, 15) is 4.79 Å². The van der Waals surface area contributed by atoms with E-state index >= 15 is 0 Å². The van der Waals surface area contributed by atoms with Gasteiger partial charge in [0.1, 0.15) is 0 Å². The standard InChI is InChI=1S/C11H10ClIOS/c12-8-6-7(3-4-9(8)13)11(14)10-2-1-5-15-10/h3-4,6,10H,1-2,5H2. The fourth-order valence-electron chi connectivity index (χ4n) is 1.62. The predicted molar refractivity (Wildman–Crippen MR) is 74.0 cm³/mol. The van der Waals surface area contributed by atoms with E-state index < -0.39 is 0 Å². The fraction of sp³-hybridized carbons (Fsp3) is 0.364. The maximum atomic E-state index is 12.0. The topological polar surface area (TPSA) is 17.1 Å². The van der Waals surface area contributed by atoms with Gasteiger partial charge in [0.2, 0.25) is 0 Å². The van der Waals surface area contributed by atoms with Gasteiger partial charge >= 0.3 is 0 Å². The summed E-state index contributed by atoms with van der Waals surface area (Å²) in [5.74, 6) is 1.34. The minimum atomic E-state index is 0.154. The summed E-state index contributed by atoms with van der Waals surface area (Å²) in [7, 11) is 0. The van der Waals surface area contributed by atoms with Gasteiger partial charge in [0, 0.05) is 9.13 Å². The lowest BCUT2D eigenvalue weighted by molar-refractivity contribution is 0.0988. The molecule has 1 aromatic rings. The molecule has 0 amide bonds. The Kier molecular flexibility index (Phi) is 3.96. The third-order valence-electron chi connectivity index (χ3n) is 2.43. The van der Waals surface area contributed by atoms with E-state index in [1.807, 2.05) is 12.1 Å². The van der Waals surface area contributed by atoms with E-state index in [2.05, 4.69) is 22.6 Å². The molecule has 1 fully saturated rings. The Balaban J connectivity index is 2.21. The number of benzene rings is 1. The first-order valence-corrected chi connectivity index (χ1v) is 7.30. The number of carbonyl (C=O) groups excluding carboxylic acids is 1. The van der Waals surface area contributed by atoms with E-state index in [0.717, 1.165) is 27.7 Å². The molecule has 0 bridgehead atoms. The van der Waals surface area contributed by atoms with Crippen molar-refractivity contribution < 1.29 is 4.79 Å². The average molecular weight is 353 g/mol. The van der Waals surface area contributed by atoms with Gasteiger partial charge in [-0.05, 0) is 53.3 Å². The van der Waals surface area contributed by atoms with Gasteiger partial charge in [-0.2, -0.15) is 11.8 Å². The zero-order valence-corrected chi connectivity index (χ0v) is 11.7. The van der Waals surface area contributed by atoms with Crippen LogP contribution in [0.4, 0.5) is 0 Å². The van der Waals surface area contributed by atoms with Crippen molar-refractivity contribution in [3.05, 3.63) is 32.4 Å². The van der Waals surface area contributed by atoms with Crippen LogP contribution in [-0.2, 0) is 0 Å². The molecular weight excluding hydrogens is 343 g/mol. The largest absolute Gasteiger partial charge is 0.293 e. The molecule has 2 rings (SSSR count). The molecule has 1 nitrogen and oxygen atoms in total. The minimum Gasteiger partial charge on any atom is -0.293 e. The summed E-state index contributed by atoms with van der Waals surface area (Å²) in [6.45, 7) is 0. The quantitative estimate of drug-likeness (QED) is 0.590. The van der Waals surface area contributed by atoms with Crippen LogP contribution in [0.1, 0.15) is 23.2 Å². The van der Waals surface area contributed by atoms with Crippen LogP contribution >= 0.6 is 46.0 Å². The highest BCUT2D eigenvalue weighted by atomic mass is 127. The number of carbonyl (C=O) groups is 1. The SMILES string of the molecule is O=C(c1ccc(I)c(Cl)c1)C1CCCS1. The maximum absolute atomic E-state index is 12.0. The van der Waals surface area contributed by atoms with Crippen LogP contribution in [0.25, 0.3) is 0 Å². The molecule has 4 heteroatoms. The normalized spacial score (nSPS) is 20.5. The van der Waals surface area contributed by atoms with Crippen LogP contribution in [0.3, 0.4) is 0 Å². The van der Waals surface area contributed by atoms with Gasteiger partial charge in [-0.3, -0.25) is 4.79 Å². The first-order chi connectivity index (χ1) is 7.18. The number of ketones is 1. The average Bonchev–Trinajstić information content (AvgIpc) is 2.74. The molecule has 1 saturated heterocycles. The lowest BCUT2D eigenvalue weighted by Gasteiger charge is -2.07. The van der Waals surface area contributed by atoms with Crippen molar-refractivity contribution in [2.24, 2.45) is 0 Å². The summed E-state index contributed by atoms with van der Waals surface area (Å²) in [6, 6.07) is 5.55. The van der Waals surface area contributed by atoms with Crippen molar-refractivity contribution in [3.8, 4) is 0 Å². The van der Waals surface area contributed by atoms with Crippen molar-refractivity contribution in [2.45, 2.75) is 18.1 Å². The van der Waals surface area contributed by atoms with Crippen molar-refractivity contribution in [1.29, 1.82) is 0 Å². The Labute approximate surface area is 112 Å². The van der Waals surface area contributed by atoms with Crippen molar-refractivity contribution >= 4 is 51.7 Å². The molecule has 1 aliphatic heterocycles. The summed E-state index contributed by atoms with van der Waals surface area (Å²) in [5, 5.41) is 0.825. The second kappa shape index (κ2) is 5.06. The second-order valence-corrected chi connectivity index (χ2v) is 6.37. The molecule has 1 unspecified atom stereocenters. The van der Waals surface area contributed by atoms with Gasteiger partial charge in [-0.15, -0.1) is 0 Å². The number of hydrogen-bond donors (Lipinski definition) is 0. The smallest absolute Gasteiger partial charge is 0.175 e. The molecule has 1 heterocycles. The van der Waals surface area contributed by atoms with Crippen molar-refractivity contribution in [3.63, 3.8) is 0 Å². The first kappa shape index (κ1) is 11.7. The molecule has 0 radical (unpaired) electrons. The van der Waals surface area contributed by atoms with E-state index in [-0.39, 0.29) is 11.0 Å². The van der Waals surface area contributed by atoms with Crippen LogP contribution in [0, 0.1) is 3.57 Å². The summed E-state index contributed by atoms with van der Waals surface area (Å²) in [4.78, 5) is 12.0. The summed E-state index contributed by atoms with van der Waals surface area (Å²) < 4.78 is 0.991. The van der Waals surface area contributed by atoms with Crippen LogP contribution < -0.4 is 0 Å². The predicted octanol–water partition coefficient (Wildman–Crippen LogP) is 4.02. The molecule has 0 spiro atoms. The molecule has 15 heavy (non-hydrogen) atoms. The number of Topliss-reactive ketones (excluding diaryl/α,β-unsaturated/α-hetero) is 1. The van der Waals surface area contributed by atoms with Crippen LogP contribution in [0.15, 0.2) is 18.2 Å². The number of rotatable bonds is 2. The lowest BCUT2D eigenvalue weighted by atomic mass is 10.1. The molecule has 80 valence electrons. The second-order valence-electron chi connectivity index (χ2n) is 3.49. The lowest BCUT2D eigenvalue weighted by Crippen LogP contribution is -2.13. The van der Waals surface area contributed by atoms with E-state index in [4.69, 9.17) is 11.6 Å². The van der Waals surface area contributed by atoms with E-state index in [1.54, 1.807) is 17.8 Å². The zero-order chi connectivity index (χ0) is 10.8. The molecule has 0 saturated carbocycles. The summed E-state index contributed by atoms with van der Waals surface area (Å²) in [6.07, 6.45) is 2.16. The Hall–Kier alpha value is 0.260. The Bertz CT molecular complexity index is 388. The third-order valence-corrected chi connectivity index (χ3v) is 5.37. The highest BCUT2D eigenvalue weighted by Gasteiger charge is 2.24. The van der Waals surface area contributed by atoms with Crippen LogP contribution in [-0.4, -0.2) is 16.8 Å².